The molecule has 1 fully saturated rings. The summed E-state index contributed by atoms with van der Waals surface area (Å²) in [6, 6.07) is 0. The molecular formula is C17H21N3O2S. The Hall–Kier alpha value is -1.69. The predicted molar refractivity (Wildman–Crippen MR) is 91.3 cm³/mol. The summed E-state index contributed by atoms with van der Waals surface area (Å²) in [6.07, 6.45) is 6.27. The third-order valence-electron chi connectivity index (χ3n) is 5.00. The summed E-state index contributed by atoms with van der Waals surface area (Å²) in [7, 11) is 0. The second-order valence-electron chi connectivity index (χ2n) is 6.53. The number of rotatable bonds is 1. The van der Waals surface area contributed by atoms with Crippen LogP contribution in [-0.2, 0) is 13.0 Å². The molecule has 2 aromatic rings. The lowest BCUT2D eigenvalue weighted by molar-refractivity contribution is 0.0797. The Bertz CT molecular complexity index is 830. The van der Waals surface area contributed by atoms with E-state index in [0.717, 1.165) is 74.4 Å². The van der Waals surface area contributed by atoms with E-state index < -0.39 is 0 Å². The van der Waals surface area contributed by atoms with Gasteiger partial charge in [0.2, 0.25) is 0 Å². The van der Waals surface area contributed by atoms with Crippen molar-refractivity contribution in [2.24, 2.45) is 0 Å². The molecule has 122 valence electrons. The molecule has 1 saturated heterocycles. The highest BCUT2D eigenvalue weighted by Crippen LogP contribution is 2.30. The second kappa shape index (κ2) is 5.74. The minimum absolute atomic E-state index is 0.0427. The number of aryl methyl sites for hydroxylation is 2. The van der Waals surface area contributed by atoms with Gasteiger partial charge in [0.15, 0.2) is 0 Å². The minimum Gasteiger partial charge on any atom is -0.338 e. The first-order valence-corrected chi connectivity index (χ1v) is 9.30. The molecule has 2 aliphatic rings. The van der Waals surface area contributed by atoms with E-state index in [1.165, 1.54) is 11.3 Å². The molecule has 4 rings (SSSR count). The zero-order valence-electron chi connectivity index (χ0n) is 13.4. The van der Waals surface area contributed by atoms with Crippen LogP contribution in [-0.4, -0.2) is 33.4 Å². The number of hydrogen-bond donors (Lipinski definition) is 0. The second-order valence-corrected chi connectivity index (χ2v) is 7.53. The summed E-state index contributed by atoms with van der Waals surface area (Å²) in [5.41, 5.74) is 0.861. The molecule has 0 bridgehead atoms. The van der Waals surface area contributed by atoms with Crippen LogP contribution < -0.4 is 5.56 Å². The molecule has 2 aliphatic heterocycles. The Morgan fingerprint density at radius 3 is 2.61 bits per heavy atom. The van der Waals surface area contributed by atoms with Gasteiger partial charge in [0.25, 0.3) is 11.5 Å². The molecular weight excluding hydrogens is 310 g/mol. The van der Waals surface area contributed by atoms with Gasteiger partial charge in [0.05, 0.1) is 10.3 Å². The van der Waals surface area contributed by atoms with Crippen molar-refractivity contribution in [3.05, 3.63) is 26.6 Å². The first-order valence-electron chi connectivity index (χ1n) is 8.49. The number of hydrogen-bond acceptors (Lipinski definition) is 4. The summed E-state index contributed by atoms with van der Waals surface area (Å²) in [6.45, 7) is 4.31. The lowest BCUT2D eigenvalue weighted by Gasteiger charge is -2.14. The summed E-state index contributed by atoms with van der Waals surface area (Å²) in [5.74, 6) is 0.962. The predicted octanol–water partition coefficient (Wildman–Crippen LogP) is 2.73. The average molecular weight is 331 g/mol. The molecule has 0 spiro atoms. The van der Waals surface area contributed by atoms with E-state index in [0.29, 0.717) is 10.3 Å². The maximum atomic E-state index is 12.9. The van der Waals surface area contributed by atoms with E-state index in [1.54, 1.807) is 0 Å². The number of thiophene rings is 1. The van der Waals surface area contributed by atoms with E-state index in [1.807, 2.05) is 16.4 Å². The SMILES string of the molecule is Cc1c(C(=O)N2CCCC2)sc2nc3n(c(=O)c12)CCCCC3. The van der Waals surface area contributed by atoms with Crippen molar-refractivity contribution in [1.29, 1.82) is 0 Å². The summed E-state index contributed by atoms with van der Waals surface area (Å²) >= 11 is 1.40. The van der Waals surface area contributed by atoms with E-state index in [-0.39, 0.29) is 11.5 Å². The number of fused-ring (bicyclic) bond motifs is 2. The first-order chi connectivity index (χ1) is 11.2. The Morgan fingerprint density at radius 1 is 1.09 bits per heavy atom. The van der Waals surface area contributed by atoms with Gasteiger partial charge in [-0.25, -0.2) is 4.98 Å². The minimum atomic E-state index is 0.0427. The number of likely N-dealkylation sites (tertiary alicyclic amines) is 1. The zero-order valence-corrected chi connectivity index (χ0v) is 14.2. The molecule has 0 N–H and O–H groups in total. The van der Waals surface area contributed by atoms with Crippen LogP contribution in [0.25, 0.3) is 10.2 Å². The maximum absolute atomic E-state index is 12.9. The molecule has 23 heavy (non-hydrogen) atoms. The molecule has 0 radical (unpaired) electrons. The molecule has 5 nitrogen and oxygen atoms in total. The fraction of sp³-hybridized carbons (Fsp3) is 0.588. The standard InChI is InChI=1S/C17H21N3O2S/c1-11-13-15(23-14(11)17(22)19-8-5-6-9-19)18-12-7-3-2-4-10-20(12)16(13)21/h2-10H2,1H3. The average Bonchev–Trinajstić information content (AvgIpc) is 3.10. The number of carbonyl (C=O) groups excluding carboxylic acids is 1. The highest BCUT2D eigenvalue weighted by Gasteiger charge is 2.26. The zero-order chi connectivity index (χ0) is 16.0. The monoisotopic (exact) mass is 331 g/mol. The van der Waals surface area contributed by atoms with Gasteiger partial charge in [0.1, 0.15) is 10.7 Å². The Balaban J connectivity index is 1.86. The molecule has 2 aromatic heterocycles. The van der Waals surface area contributed by atoms with Gasteiger partial charge in [-0.05, 0) is 38.2 Å². The third kappa shape index (κ3) is 2.40. The normalized spacial score (nSPS) is 18.2. The van der Waals surface area contributed by atoms with Crippen LogP contribution in [0, 0.1) is 6.92 Å². The fourth-order valence-electron chi connectivity index (χ4n) is 3.68. The molecule has 0 saturated carbocycles. The molecule has 0 atom stereocenters. The van der Waals surface area contributed by atoms with Crippen molar-refractivity contribution in [2.75, 3.05) is 13.1 Å². The van der Waals surface area contributed by atoms with Crippen molar-refractivity contribution in [3.63, 3.8) is 0 Å². The van der Waals surface area contributed by atoms with Crippen LogP contribution in [0.5, 0.6) is 0 Å². The van der Waals surface area contributed by atoms with E-state index in [9.17, 15) is 9.59 Å². The molecule has 0 unspecified atom stereocenters. The number of amides is 1. The van der Waals surface area contributed by atoms with Crippen molar-refractivity contribution < 1.29 is 4.79 Å². The van der Waals surface area contributed by atoms with Gasteiger partial charge in [-0.1, -0.05) is 6.42 Å². The van der Waals surface area contributed by atoms with E-state index in [2.05, 4.69) is 0 Å². The highest BCUT2D eigenvalue weighted by atomic mass is 32.1. The quantitative estimate of drug-likeness (QED) is 0.807. The van der Waals surface area contributed by atoms with Crippen molar-refractivity contribution in [3.8, 4) is 0 Å². The first kappa shape index (κ1) is 14.9. The number of nitrogens with zero attached hydrogens (tertiary/aromatic N) is 3. The molecule has 6 heteroatoms. The van der Waals surface area contributed by atoms with Gasteiger partial charge < -0.3 is 4.90 Å². The van der Waals surface area contributed by atoms with Crippen molar-refractivity contribution in [1.82, 2.24) is 14.5 Å². The van der Waals surface area contributed by atoms with Crippen LogP contribution in [0.2, 0.25) is 0 Å². The van der Waals surface area contributed by atoms with E-state index >= 15 is 0 Å². The smallest absolute Gasteiger partial charge is 0.264 e. The third-order valence-corrected chi connectivity index (χ3v) is 6.17. The Labute approximate surface area is 138 Å². The molecule has 0 aromatic carbocycles. The van der Waals surface area contributed by atoms with Crippen LogP contribution in [0.3, 0.4) is 0 Å². The van der Waals surface area contributed by atoms with E-state index in [4.69, 9.17) is 4.98 Å². The molecule has 1 amide bonds. The Morgan fingerprint density at radius 2 is 1.83 bits per heavy atom. The summed E-state index contributed by atoms with van der Waals surface area (Å²) in [5, 5.41) is 0.656. The highest BCUT2D eigenvalue weighted by molar-refractivity contribution is 7.20. The Kier molecular flexibility index (Phi) is 3.71. The maximum Gasteiger partial charge on any atom is 0.264 e. The van der Waals surface area contributed by atoms with Gasteiger partial charge in [-0.2, -0.15) is 0 Å². The lowest BCUT2D eigenvalue weighted by Crippen LogP contribution is -2.27. The number of carbonyl (C=O) groups is 1. The molecule has 0 aliphatic carbocycles. The van der Waals surface area contributed by atoms with Crippen LogP contribution in [0.4, 0.5) is 0 Å². The van der Waals surface area contributed by atoms with Gasteiger partial charge in [0, 0.05) is 26.1 Å². The van der Waals surface area contributed by atoms with Crippen molar-refractivity contribution in [2.45, 2.75) is 52.0 Å². The lowest BCUT2D eigenvalue weighted by atomic mass is 10.2. The topological polar surface area (TPSA) is 55.2 Å². The fourth-order valence-corrected chi connectivity index (χ4v) is 4.84. The number of aromatic nitrogens is 2. The van der Waals surface area contributed by atoms with Gasteiger partial charge in [-0.15, -0.1) is 11.3 Å². The van der Waals surface area contributed by atoms with Gasteiger partial charge >= 0.3 is 0 Å². The van der Waals surface area contributed by atoms with Crippen LogP contribution in [0.15, 0.2) is 4.79 Å². The largest absolute Gasteiger partial charge is 0.338 e. The molecule has 4 heterocycles. The summed E-state index contributed by atoms with van der Waals surface area (Å²) in [4.78, 5) is 33.7. The van der Waals surface area contributed by atoms with Gasteiger partial charge in [-0.3, -0.25) is 14.2 Å². The summed E-state index contributed by atoms with van der Waals surface area (Å²) < 4.78 is 1.83. The van der Waals surface area contributed by atoms with Crippen molar-refractivity contribution >= 4 is 27.5 Å². The van der Waals surface area contributed by atoms with Crippen LogP contribution >= 0.6 is 11.3 Å². The van der Waals surface area contributed by atoms with Crippen LogP contribution in [0.1, 0.15) is 53.2 Å².